The molecule has 1 unspecified atom stereocenters. The Kier molecular flexibility index (Phi) is 5.67. The van der Waals surface area contributed by atoms with Crippen LogP contribution in [0.25, 0.3) is 0 Å². The molecule has 0 saturated heterocycles. The van der Waals surface area contributed by atoms with E-state index in [9.17, 15) is 9.59 Å². The van der Waals surface area contributed by atoms with Crippen molar-refractivity contribution in [2.45, 2.75) is 33.2 Å². The predicted octanol–water partition coefficient (Wildman–Crippen LogP) is 1.33. The standard InChI is InChI=1S/C9H17NO4/c1-4-7(3)10(6-8(11)12)9(13)14-5-2/h7H,4-6H2,1-3H3,(H,11,12). The number of carbonyl (C=O) groups excluding carboxylic acids is 1. The highest BCUT2D eigenvalue weighted by atomic mass is 16.6. The van der Waals surface area contributed by atoms with Gasteiger partial charge >= 0.3 is 12.1 Å². The van der Waals surface area contributed by atoms with E-state index in [0.717, 1.165) is 0 Å². The van der Waals surface area contributed by atoms with Gasteiger partial charge in [0.25, 0.3) is 0 Å². The second-order valence-electron chi connectivity index (χ2n) is 2.98. The minimum atomic E-state index is -1.03. The quantitative estimate of drug-likeness (QED) is 0.732. The highest BCUT2D eigenvalue weighted by Gasteiger charge is 2.22. The number of hydrogen-bond acceptors (Lipinski definition) is 3. The van der Waals surface area contributed by atoms with Crippen molar-refractivity contribution in [3.05, 3.63) is 0 Å². The fraction of sp³-hybridized carbons (Fsp3) is 0.778. The summed E-state index contributed by atoms with van der Waals surface area (Å²) in [6, 6.07) is -0.120. The summed E-state index contributed by atoms with van der Waals surface area (Å²) in [7, 11) is 0. The van der Waals surface area contributed by atoms with Crippen LogP contribution in [0.1, 0.15) is 27.2 Å². The molecule has 0 aromatic carbocycles. The fourth-order valence-corrected chi connectivity index (χ4v) is 0.973. The van der Waals surface area contributed by atoms with E-state index in [1.165, 1.54) is 4.90 Å². The van der Waals surface area contributed by atoms with Gasteiger partial charge in [-0.3, -0.25) is 9.69 Å². The third-order valence-electron chi connectivity index (χ3n) is 1.93. The lowest BCUT2D eigenvalue weighted by atomic mass is 10.2. The Bertz CT molecular complexity index is 205. The first-order valence-corrected chi connectivity index (χ1v) is 4.68. The zero-order valence-electron chi connectivity index (χ0n) is 8.82. The van der Waals surface area contributed by atoms with Gasteiger partial charge in [-0.1, -0.05) is 6.92 Å². The maximum atomic E-state index is 11.3. The van der Waals surface area contributed by atoms with Gasteiger partial charge in [-0.05, 0) is 20.3 Å². The molecule has 0 bridgehead atoms. The first kappa shape index (κ1) is 12.7. The van der Waals surface area contributed by atoms with Crippen LogP contribution in [0.4, 0.5) is 4.79 Å². The van der Waals surface area contributed by atoms with Crippen LogP contribution in [0.2, 0.25) is 0 Å². The van der Waals surface area contributed by atoms with Gasteiger partial charge in [0.05, 0.1) is 6.61 Å². The number of amides is 1. The highest BCUT2D eigenvalue weighted by molar-refractivity contribution is 5.76. The highest BCUT2D eigenvalue weighted by Crippen LogP contribution is 2.05. The van der Waals surface area contributed by atoms with Crippen LogP contribution in [-0.4, -0.2) is 41.3 Å². The molecule has 0 radical (unpaired) electrons. The van der Waals surface area contributed by atoms with Crippen molar-refractivity contribution in [1.29, 1.82) is 0 Å². The number of nitrogens with zero attached hydrogens (tertiary/aromatic N) is 1. The van der Waals surface area contributed by atoms with E-state index in [-0.39, 0.29) is 19.2 Å². The van der Waals surface area contributed by atoms with Crippen molar-refractivity contribution in [3.8, 4) is 0 Å². The number of ether oxygens (including phenoxy) is 1. The molecule has 0 fully saturated rings. The lowest BCUT2D eigenvalue weighted by Gasteiger charge is -2.25. The van der Waals surface area contributed by atoms with Crippen LogP contribution in [0.5, 0.6) is 0 Å². The SMILES string of the molecule is CCOC(=O)N(CC(=O)O)C(C)CC. The van der Waals surface area contributed by atoms with Crippen molar-refractivity contribution >= 4 is 12.1 Å². The zero-order valence-corrected chi connectivity index (χ0v) is 8.82. The summed E-state index contributed by atoms with van der Waals surface area (Å²) in [6.45, 7) is 5.31. The van der Waals surface area contributed by atoms with Crippen LogP contribution in [0, 0.1) is 0 Å². The first-order chi connectivity index (χ1) is 6.52. The minimum absolute atomic E-state index is 0.120. The summed E-state index contributed by atoms with van der Waals surface area (Å²) in [5, 5.41) is 8.60. The van der Waals surface area contributed by atoms with Gasteiger partial charge < -0.3 is 9.84 Å². The Morgan fingerprint density at radius 3 is 2.36 bits per heavy atom. The Balaban J connectivity index is 4.37. The van der Waals surface area contributed by atoms with Gasteiger partial charge in [-0.2, -0.15) is 0 Å². The van der Waals surface area contributed by atoms with E-state index in [0.29, 0.717) is 6.42 Å². The predicted molar refractivity (Wildman–Crippen MR) is 51.1 cm³/mol. The summed E-state index contributed by atoms with van der Waals surface area (Å²) >= 11 is 0. The number of rotatable bonds is 5. The topological polar surface area (TPSA) is 66.8 Å². The minimum Gasteiger partial charge on any atom is -0.480 e. The van der Waals surface area contributed by atoms with Gasteiger partial charge in [0.2, 0.25) is 0 Å². The molecule has 1 atom stereocenters. The maximum absolute atomic E-state index is 11.3. The van der Waals surface area contributed by atoms with Crippen molar-refractivity contribution in [1.82, 2.24) is 4.90 Å². The third-order valence-corrected chi connectivity index (χ3v) is 1.93. The molecule has 1 amide bonds. The largest absolute Gasteiger partial charge is 0.480 e. The third kappa shape index (κ3) is 4.11. The second-order valence-corrected chi connectivity index (χ2v) is 2.98. The molecular formula is C9H17NO4. The normalized spacial score (nSPS) is 11.9. The van der Waals surface area contributed by atoms with Gasteiger partial charge in [-0.15, -0.1) is 0 Å². The van der Waals surface area contributed by atoms with E-state index in [1.54, 1.807) is 13.8 Å². The van der Waals surface area contributed by atoms with E-state index in [4.69, 9.17) is 9.84 Å². The first-order valence-electron chi connectivity index (χ1n) is 4.68. The molecule has 82 valence electrons. The average molecular weight is 203 g/mol. The summed E-state index contributed by atoms with van der Waals surface area (Å²) in [4.78, 5) is 23.0. The fourth-order valence-electron chi connectivity index (χ4n) is 0.973. The molecule has 0 heterocycles. The van der Waals surface area contributed by atoms with Crippen LogP contribution in [-0.2, 0) is 9.53 Å². The molecule has 0 saturated carbocycles. The van der Waals surface area contributed by atoms with Crippen molar-refractivity contribution in [2.75, 3.05) is 13.2 Å². The van der Waals surface area contributed by atoms with Crippen molar-refractivity contribution in [3.63, 3.8) is 0 Å². The number of aliphatic carboxylic acids is 1. The molecule has 0 spiro atoms. The Hall–Kier alpha value is -1.26. The number of carboxylic acid groups (broad SMARTS) is 1. The number of carbonyl (C=O) groups is 2. The summed E-state index contributed by atoms with van der Waals surface area (Å²) < 4.78 is 4.75. The summed E-state index contributed by atoms with van der Waals surface area (Å²) in [6.07, 6.45) is 0.135. The molecule has 0 aliphatic carbocycles. The molecule has 0 aliphatic heterocycles. The molecule has 0 aromatic rings. The molecule has 0 rings (SSSR count). The zero-order chi connectivity index (χ0) is 11.1. The van der Waals surface area contributed by atoms with E-state index in [1.807, 2.05) is 6.92 Å². The number of carboxylic acids is 1. The smallest absolute Gasteiger partial charge is 0.410 e. The molecule has 5 nitrogen and oxygen atoms in total. The number of hydrogen-bond donors (Lipinski definition) is 1. The van der Waals surface area contributed by atoms with Crippen molar-refractivity contribution < 1.29 is 19.4 Å². The van der Waals surface area contributed by atoms with Crippen LogP contribution >= 0.6 is 0 Å². The lowest BCUT2D eigenvalue weighted by molar-refractivity contribution is -0.138. The monoisotopic (exact) mass is 203 g/mol. The molecular weight excluding hydrogens is 186 g/mol. The molecule has 5 heteroatoms. The molecule has 0 aliphatic rings. The maximum Gasteiger partial charge on any atom is 0.410 e. The van der Waals surface area contributed by atoms with E-state index in [2.05, 4.69) is 0 Å². The van der Waals surface area contributed by atoms with Crippen molar-refractivity contribution in [2.24, 2.45) is 0 Å². The van der Waals surface area contributed by atoms with E-state index < -0.39 is 12.1 Å². The Morgan fingerprint density at radius 1 is 1.43 bits per heavy atom. The van der Waals surface area contributed by atoms with E-state index >= 15 is 0 Å². The Labute approximate surface area is 83.6 Å². The van der Waals surface area contributed by atoms with Crippen LogP contribution in [0.15, 0.2) is 0 Å². The van der Waals surface area contributed by atoms with Crippen LogP contribution < -0.4 is 0 Å². The average Bonchev–Trinajstić information content (AvgIpc) is 2.13. The van der Waals surface area contributed by atoms with Gasteiger partial charge in [0.15, 0.2) is 0 Å². The molecule has 14 heavy (non-hydrogen) atoms. The van der Waals surface area contributed by atoms with Gasteiger partial charge in [0, 0.05) is 6.04 Å². The van der Waals surface area contributed by atoms with Gasteiger partial charge in [-0.25, -0.2) is 4.79 Å². The summed E-state index contributed by atoms with van der Waals surface area (Å²) in [5.74, 6) is -1.03. The Morgan fingerprint density at radius 2 is 2.00 bits per heavy atom. The summed E-state index contributed by atoms with van der Waals surface area (Å²) in [5.41, 5.74) is 0. The second kappa shape index (κ2) is 6.23. The lowest BCUT2D eigenvalue weighted by Crippen LogP contribution is -2.42. The molecule has 0 aromatic heterocycles. The molecule has 1 N–H and O–H groups in total. The van der Waals surface area contributed by atoms with Crippen LogP contribution in [0.3, 0.4) is 0 Å². The van der Waals surface area contributed by atoms with Gasteiger partial charge in [0.1, 0.15) is 6.54 Å².